The van der Waals surface area contributed by atoms with E-state index in [1.54, 1.807) is 7.11 Å². The number of hydrogen-bond acceptors (Lipinski definition) is 3. The maximum Gasteiger partial charge on any atom is 0.223 e. The van der Waals surface area contributed by atoms with Gasteiger partial charge in [0.15, 0.2) is 0 Å². The lowest BCUT2D eigenvalue weighted by molar-refractivity contribution is -0.128. The van der Waals surface area contributed by atoms with E-state index in [4.69, 9.17) is 4.74 Å². The summed E-state index contributed by atoms with van der Waals surface area (Å²) in [6.07, 6.45) is 1.50. The Kier molecular flexibility index (Phi) is 4.65. The molecule has 1 aromatic rings. The van der Waals surface area contributed by atoms with Crippen molar-refractivity contribution in [2.75, 3.05) is 26.8 Å². The molecule has 0 bridgehead atoms. The predicted octanol–water partition coefficient (Wildman–Crippen LogP) is 2.05. The molecular weight excluding hydrogens is 254 g/mol. The van der Waals surface area contributed by atoms with Gasteiger partial charge < -0.3 is 14.7 Å². The van der Waals surface area contributed by atoms with E-state index < -0.39 is 0 Å². The molecule has 1 aromatic carbocycles. The number of nitrogens with zero attached hydrogens (tertiary/aromatic N) is 1. The van der Waals surface area contributed by atoms with Crippen molar-refractivity contribution in [1.82, 2.24) is 4.90 Å². The summed E-state index contributed by atoms with van der Waals surface area (Å²) >= 11 is 0. The lowest BCUT2D eigenvalue weighted by Gasteiger charge is -2.16. The fourth-order valence-electron chi connectivity index (χ4n) is 2.91. The highest BCUT2D eigenvalue weighted by Crippen LogP contribution is 2.27. The van der Waals surface area contributed by atoms with Gasteiger partial charge in [-0.2, -0.15) is 0 Å². The van der Waals surface area contributed by atoms with Crippen LogP contribution in [0, 0.1) is 19.8 Å². The van der Waals surface area contributed by atoms with Crippen LogP contribution in [0.1, 0.15) is 23.1 Å². The van der Waals surface area contributed by atoms with E-state index >= 15 is 0 Å². The van der Waals surface area contributed by atoms with E-state index in [1.165, 1.54) is 5.56 Å². The molecule has 0 unspecified atom stereocenters. The van der Waals surface area contributed by atoms with Crippen LogP contribution >= 0.6 is 0 Å². The third-order valence-corrected chi connectivity index (χ3v) is 3.94. The highest BCUT2D eigenvalue weighted by molar-refractivity contribution is 5.78. The molecule has 0 aromatic heterocycles. The molecule has 110 valence electrons. The van der Waals surface area contributed by atoms with Crippen LogP contribution in [0.5, 0.6) is 5.75 Å². The number of benzene rings is 1. The van der Waals surface area contributed by atoms with E-state index in [0.29, 0.717) is 31.2 Å². The summed E-state index contributed by atoms with van der Waals surface area (Å²) in [6.45, 7) is 5.91. The van der Waals surface area contributed by atoms with Crippen LogP contribution in [0.3, 0.4) is 0 Å². The molecule has 1 heterocycles. The summed E-state index contributed by atoms with van der Waals surface area (Å²) in [6, 6.07) is 4.04. The first-order valence-corrected chi connectivity index (χ1v) is 7.07. The summed E-state index contributed by atoms with van der Waals surface area (Å²) in [5, 5.41) is 9.80. The van der Waals surface area contributed by atoms with E-state index in [2.05, 4.69) is 0 Å². The normalized spacial score (nSPS) is 18.9. The molecular formula is C16H23NO3. The third kappa shape index (κ3) is 3.31. The van der Waals surface area contributed by atoms with Gasteiger partial charge in [-0.05, 0) is 42.9 Å². The van der Waals surface area contributed by atoms with Crippen molar-refractivity contribution in [2.24, 2.45) is 5.92 Å². The fraction of sp³-hybridized carbons (Fsp3) is 0.562. The van der Waals surface area contributed by atoms with E-state index in [1.807, 2.05) is 30.9 Å². The second-order valence-corrected chi connectivity index (χ2v) is 5.69. The lowest BCUT2D eigenvalue weighted by atomic mass is 9.95. The Balaban J connectivity index is 1.99. The molecule has 2 rings (SSSR count). The molecule has 1 atom stereocenters. The van der Waals surface area contributed by atoms with Crippen molar-refractivity contribution in [3.05, 3.63) is 28.8 Å². The molecule has 0 spiro atoms. The Morgan fingerprint density at radius 1 is 1.35 bits per heavy atom. The van der Waals surface area contributed by atoms with Gasteiger partial charge >= 0.3 is 0 Å². The van der Waals surface area contributed by atoms with Crippen LogP contribution in [0.4, 0.5) is 0 Å². The van der Waals surface area contributed by atoms with E-state index in [9.17, 15) is 9.90 Å². The number of phenols is 1. The van der Waals surface area contributed by atoms with Crippen LogP contribution in [0.2, 0.25) is 0 Å². The van der Waals surface area contributed by atoms with Gasteiger partial charge in [-0.25, -0.2) is 0 Å². The van der Waals surface area contributed by atoms with Gasteiger partial charge in [-0.1, -0.05) is 12.1 Å². The second kappa shape index (κ2) is 6.27. The largest absolute Gasteiger partial charge is 0.507 e. The number of ether oxygens (including phenoxy) is 1. The first-order chi connectivity index (χ1) is 9.51. The standard InChI is InChI=1S/C16H23NO3/c1-11-6-13(7-12(2)16(11)19)8-14-9-15(18)17(10-14)4-5-20-3/h6-7,14,19H,4-5,8-10H2,1-3H3/t14-/m0/s1. The smallest absolute Gasteiger partial charge is 0.223 e. The Labute approximate surface area is 120 Å². The fourth-order valence-corrected chi connectivity index (χ4v) is 2.91. The number of likely N-dealkylation sites (tertiary alicyclic amines) is 1. The van der Waals surface area contributed by atoms with Crippen molar-refractivity contribution in [3.63, 3.8) is 0 Å². The molecule has 4 heteroatoms. The minimum atomic E-state index is 0.222. The maximum atomic E-state index is 11.9. The molecule has 20 heavy (non-hydrogen) atoms. The molecule has 1 aliphatic rings. The number of rotatable bonds is 5. The van der Waals surface area contributed by atoms with Crippen molar-refractivity contribution in [2.45, 2.75) is 26.7 Å². The van der Waals surface area contributed by atoms with Crippen LogP contribution in [0.25, 0.3) is 0 Å². The molecule has 0 radical (unpaired) electrons. The molecule has 1 saturated heterocycles. The monoisotopic (exact) mass is 277 g/mol. The van der Waals surface area contributed by atoms with Gasteiger partial charge in [0, 0.05) is 26.6 Å². The Morgan fingerprint density at radius 3 is 2.60 bits per heavy atom. The zero-order valence-electron chi connectivity index (χ0n) is 12.5. The van der Waals surface area contributed by atoms with Crippen LogP contribution in [0.15, 0.2) is 12.1 Å². The zero-order chi connectivity index (χ0) is 14.7. The van der Waals surface area contributed by atoms with Gasteiger partial charge in [0.2, 0.25) is 5.91 Å². The predicted molar refractivity (Wildman–Crippen MR) is 77.8 cm³/mol. The average molecular weight is 277 g/mol. The number of phenolic OH excluding ortho intramolecular Hbond substituents is 1. The number of carbonyl (C=O) groups excluding carboxylic acids is 1. The summed E-state index contributed by atoms with van der Waals surface area (Å²) in [4.78, 5) is 13.8. The average Bonchev–Trinajstić information content (AvgIpc) is 2.73. The van der Waals surface area contributed by atoms with Crippen LogP contribution in [-0.2, 0) is 16.0 Å². The minimum Gasteiger partial charge on any atom is -0.507 e. The Hall–Kier alpha value is -1.55. The molecule has 0 aliphatic carbocycles. The summed E-state index contributed by atoms with van der Waals surface area (Å²) in [7, 11) is 1.65. The molecule has 4 nitrogen and oxygen atoms in total. The quantitative estimate of drug-likeness (QED) is 0.896. The molecule has 1 aliphatic heterocycles. The molecule has 0 saturated carbocycles. The van der Waals surface area contributed by atoms with E-state index in [0.717, 1.165) is 24.1 Å². The molecule has 1 amide bonds. The second-order valence-electron chi connectivity index (χ2n) is 5.69. The summed E-state index contributed by atoms with van der Waals surface area (Å²) in [5.41, 5.74) is 3.00. The van der Waals surface area contributed by atoms with Gasteiger partial charge in [-0.3, -0.25) is 4.79 Å². The first-order valence-electron chi connectivity index (χ1n) is 7.07. The first kappa shape index (κ1) is 14.9. The van der Waals surface area contributed by atoms with Crippen molar-refractivity contribution >= 4 is 5.91 Å². The minimum absolute atomic E-state index is 0.222. The van der Waals surface area contributed by atoms with Crippen molar-refractivity contribution in [1.29, 1.82) is 0 Å². The lowest BCUT2D eigenvalue weighted by Crippen LogP contribution is -2.28. The number of aromatic hydroxyl groups is 1. The van der Waals surface area contributed by atoms with Crippen molar-refractivity contribution in [3.8, 4) is 5.75 Å². The Morgan fingerprint density at radius 2 is 2.00 bits per heavy atom. The number of aryl methyl sites for hydroxylation is 2. The zero-order valence-corrected chi connectivity index (χ0v) is 12.5. The molecule has 1 N–H and O–H groups in total. The van der Waals surface area contributed by atoms with Crippen molar-refractivity contribution < 1.29 is 14.6 Å². The third-order valence-electron chi connectivity index (χ3n) is 3.94. The van der Waals surface area contributed by atoms with Gasteiger partial charge in [0.25, 0.3) is 0 Å². The van der Waals surface area contributed by atoms with Crippen LogP contribution in [-0.4, -0.2) is 42.7 Å². The van der Waals surface area contributed by atoms with E-state index in [-0.39, 0.29) is 5.91 Å². The SMILES string of the molecule is COCCN1C[C@@H](Cc2cc(C)c(O)c(C)c2)CC1=O. The number of carbonyl (C=O) groups is 1. The number of hydrogen-bond donors (Lipinski definition) is 1. The maximum absolute atomic E-state index is 11.9. The summed E-state index contributed by atoms with van der Waals surface area (Å²) < 4.78 is 5.03. The van der Waals surface area contributed by atoms with Gasteiger partial charge in [0.05, 0.1) is 6.61 Å². The highest BCUT2D eigenvalue weighted by Gasteiger charge is 2.29. The number of amides is 1. The van der Waals surface area contributed by atoms with Gasteiger partial charge in [0.1, 0.15) is 5.75 Å². The molecule has 1 fully saturated rings. The highest BCUT2D eigenvalue weighted by atomic mass is 16.5. The number of methoxy groups -OCH3 is 1. The topological polar surface area (TPSA) is 49.8 Å². The Bertz CT molecular complexity index is 475. The van der Waals surface area contributed by atoms with Gasteiger partial charge in [-0.15, -0.1) is 0 Å². The summed E-state index contributed by atoms with van der Waals surface area (Å²) in [5.74, 6) is 0.958. The van der Waals surface area contributed by atoms with Crippen LogP contribution < -0.4 is 0 Å².